The summed E-state index contributed by atoms with van der Waals surface area (Å²) in [6.45, 7) is 0.633. The van der Waals surface area contributed by atoms with E-state index in [1.807, 2.05) is 0 Å². The lowest BCUT2D eigenvalue weighted by molar-refractivity contribution is 0.0691. The van der Waals surface area contributed by atoms with E-state index in [0.717, 1.165) is 12.8 Å². The van der Waals surface area contributed by atoms with Crippen LogP contribution in [-0.4, -0.2) is 28.6 Å². The normalized spacial score (nSPS) is 15.6. The molecular weight excluding hydrogens is 258 g/mol. The van der Waals surface area contributed by atoms with Crippen molar-refractivity contribution < 1.29 is 14.7 Å². The first-order valence-corrected chi connectivity index (χ1v) is 6.90. The molecule has 2 amide bonds. The summed E-state index contributed by atoms with van der Waals surface area (Å²) >= 11 is 0. The van der Waals surface area contributed by atoms with Gasteiger partial charge in [0.15, 0.2) is 5.69 Å². The summed E-state index contributed by atoms with van der Waals surface area (Å²) in [6, 6.07) is 2.73. The van der Waals surface area contributed by atoms with E-state index >= 15 is 0 Å². The van der Waals surface area contributed by atoms with Crippen molar-refractivity contribution in [3.05, 3.63) is 24.0 Å². The number of carbonyl (C=O) groups excluding carboxylic acids is 1. The van der Waals surface area contributed by atoms with Crippen molar-refractivity contribution in [2.24, 2.45) is 5.92 Å². The van der Waals surface area contributed by atoms with Crippen LogP contribution in [0, 0.1) is 5.92 Å². The minimum Gasteiger partial charge on any atom is -0.476 e. The Bertz CT molecular complexity index is 484. The van der Waals surface area contributed by atoms with Gasteiger partial charge in [0.05, 0.1) is 5.69 Å². The third-order valence-corrected chi connectivity index (χ3v) is 3.53. The van der Waals surface area contributed by atoms with E-state index < -0.39 is 5.97 Å². The number of hydrogen-bond donors (Lipinski definition) is 3. The van der Waals surface area contributed by atoms with Crippen LogP contribution in [0.25, 0.3) is 0 Å². The molecule has 0 atom stereocenters. The van der Waals surface area contributed by atoms with Crippen LogP contribution in [-0.2, 0) is 0 Å². The fourth-order valence-electron chi connectivity index (χ4n) is 2.47. The summed E-state index contributed by atoms with van der Waals surface area (Å²) in [4.78, 5) is 26.5. The van der Waals surface area contributed by atoms with Gasteiger partial charge in [-0.25, -0.2) is 14.6 Å². The Balaban J connectivity index is 1.86. The van der Waals surface area contributed by atoms with E-state index in [2.05, 4.69) is 15.6 Å². The van der Waals surface area contributed by atoms with Gasteiger partial charge in [-0.3, -0.25) is 0 Å². The van der Waals surface area contributed by atoms with Crippen molar-refractivity contribution in [2.45, 2.75) is 32.1 Å². The van der Waals surface area contributed by atoms with Gasteiger partial charge in [0, 0.05) is 12.7 Å². The zero-order chi connectivity index (χ0) is 14.4. The molecule has 108 valence electrons. The Morgan fingerprint density at radius 1 is 1.30 bits per heavy atom. The zero-order valence-electron chi connectivity index (χ0n) is 11.3. The van der Waals surface area contributed by atoms with Gasteiger partial charge >= 0.3 is 12.0 Å². The number of nitrogens with one attached hydrogen (secondary N) is 2. The number of urea groups is 1. The lowest BCUT2D eigenvalue weighted by Crippen LogP contribution is -2.34. The first kappa shape index (κ1) is 14.3. The van der Waals surface area contributed by atoms with E-state index in [1.54, 1.807) is 6.07 Å². The van der Waals surface area contributed by atoms with Crippen molar-refractivity contribution in [3.8, 4) is 0 Å². The third-order valence-electron chi connectivity index (χ3n) is 3.53. The second kappa shape index (κ2) is 6.88. The van der Waals surface area contributed by atoms with E-state index in [9.17, 15) is 9.59 Å². The molecule has 1 aliphatic rings. The molecule has 20 heavy (non-hydrogen) atoms. The number of hydrogen-bond acceptors (Lipinski definition) is 3. The number of aromatic carboxylic acids is 1. The quantitative estimate of drug-likeness (QED) is 0.788. The molecule has 1 fully saturated rings. The molecule has 0 aromatic carbocycles. The topological polar surface area (TPSA) is 91.3 Å². The Hall–Kier alpha value is -2.11. The van der Waals surface area contributed by atoms with Crippen LogP contribution in [0.1, 0.15) is 42.6 Å². The summed E-state index contributed by atoms with van der Waals surface area (Å²) in [5.74, 6) is -0.629. The minimum absolute atomic E-state index is 0.152. The molecule has 1 saturated carbocycles. The summed E-state index contributed by atoms with van der Waals surface area (Å²) < 4.78 is 0. The van der Waals surface area contributed by atoms with Gasteiger partial charge in [-0.1, -0.05) is 19.3 Å². The van der Waals surface area contributed by atoms with Crippen LogP contribution in [0.3, 0.4) is 0 Å². The molecule has 0 saturated heterocycles. The maximum absolute atomic E-state index is 11.8. The summed E-state index contributed by atoms with van der Waals surface area (Å²) in [5.41, 5.74) is 0.0569. The monoisotopic (exact) mass is 277 g/mol. The number of amides is 2. The van der Waals surface area contributed by atoms with E-state index in [1.165, 1.54) is 31.5 Å². The molecule has 1 heterocycles. The van der Waals surface area contributed by atoms with Crippen LogP contribution in [0.5, 0.6) is 0 Å². The molecule has 3 N–H and O–H groups in total. The van der Waals surface area contributed by atoms with Gasteiger partial charge < -0.3 is 15.7 Å². The number of anilines is 1. The van der Waals surface area contributed by atoms with Crippen LogP contribution in [0.15, 0.2) is 18.3 Å². The Morgan fingerprint density at radius 3 is 2.75 bits per heavy atom. The summed E-state index contributed by atoms with van der Waals surface area (Å²) in [7, 11) is 0. The molecule has 0 spiro atoms. The summed E-state index contributed by atoms with van der Waals surface area (Å²) in [6.07, 6.45) is 7.40. The molecule has 2 rings (SSSR count). The van der Waals surface area contributed by atoms with Crippen LogP contribution in [0.4, 0.5) is 10.5 Å². The lowest BCUT2D eigenvalue weighted by atomic mass is 9.89. The van der Waals surface area contributed by atoms with Crippen molar-refractivity contribution in [3.63, 3.8) is 0 Å². The van der Waals surface area contributed by atoms with Gasteiger partial charge in [-0.05, 0) is 30.9 Å². The third kappa shape index (κ3) is 3.94. The maximum Gasteiger partial charge on any atom is 0.356 e. The van der Waals surface area contributed by atoms with Gasteiger partial charge in [0.2, 0.25) is 0 Å². The SMILES string of the molecule is O=C(NCC1CCCCC1)Nc1cccnc1C(=O)O. The maximum atomic E-state index is 11.8. The number of carboxylic acid groups (broad SMARTS) is 1. The average molecular weight is 277 g/mol. The van der Waals surface area contributed by atoms with Crippen LogP contribution >= 0.6 is 0 Å². The lowest BCUT2D eigenvalue weighted by Gasteiger charge is -2.21. The highest BCUT2D eigenvalue weighted by Crippen LogP contribution is 2.22. The first-order chi connectivity index (χ1) is 9.66. The zero-order valence-corrected chi connectivity index (χ0v) is 11.3. The minimum atomic E-state index is -1.16. The predicted molar refractivity (Wildman–Crippen MR) is 74.8 cm³/mol. The highest BCUT2D eigenvalue weighted by Gasteiger charge is 2.16. The van der Waals surface area contributed by atoms with Crippen molar-refractivity contribution in [1.82, 2.24) is 10.3 Å². The first-order valence-electron chi connectivity index (χ1n) is 6.90. The number of aromatic nitrogens is 1. The molecule has 1 aromatic rings. The second-order valence-electron chi connectivity index (χ2n) is 5.04. The largest absolute Gasteiger partial charge is 0.476 e. The molecule has 0 unspecified atom stereocenters. The molecular formula is C14H19N3O3. The fraction of sp³-hybridized carbons (Fsp3) is 0.500. The number of pyridine rings is 1. The van der Waals surface area contributed by atoms with Gasteiger partial charge in [0.1, 0.15) is 0 Å². The highest BCUT2D eigenvalue weighted by molar-refractivity contribution is 5.98. The standard InChI is InChI=1S/C14H19N3O3/c18-13(19)12-11(7-4-8-15-12)17-14(20)16-9-10-5-2-1-3-6-10/h4,7-8,10H,1-3,5-6,9H2,(H,18,19)(H2,16,17,20). The number of carboxylic acids is 1. The number of carbonyl (C=O) groups is 2. The molecule has 1 aromatic heterocycles. The van der Waals surface area contributed by atoms with Gasteiger partial charge in [-0.15, -0.1) is 0 Å². The Morgan fingerprint density at radius 2 is 2.05 bits per heavy atom. The molecule has 1 aliphatic carbocycles. The number of rotatable bonds is 4. The van der Waals surface area contributed by atoms with Crippen molar-refractivity contribution >= 4 is 17.7 Å². The van der Waals surface area contributed by atoms with Crippen LogP contribution < -0.4 is 10.6 Å². The second-order valence-corrected chi connectivity index (χ2v) is 5.04. The molecule has 6 heteroatoms. The predicted octanol–water partition coefficient (Wildman–Crippen LogP) is 2.48. The smallest absolute Gasteiger partial charge is 0.356 e. The van der Waals surface area contributed by atoms with Gasteiger partial charge in [-0.2, -0.15) is 0 Å². The highest BCUT2D eigenvalue weighted by atomic mass is 16.4. The number of nitrogens with zero attached hydrogens (tertiary/aromatic N) is 1. The molecule has 0 aliphatic heterocycles. The molecule has 6 nitrogen and oxygen atoms in total. The summed E-state index contributed by atoms with van der Waals surface area (Å²) in [5, 5.41) is 14.3. The Kier molecular flexibility index (Phi) is 4.92. The van der Waals surface area contributed by atoms with E-state index in [0.29, 0.717) is 12.5 Å². The van der Waals surface area contributed by atoms with Crippen molar-refractivity contribution in [1.29, 1.82) is 0 Å². The molecule has 0 bridgehead atoms. The fourth-order valence-corrected chi connectivity index (χ4v) is 2.47. The van der Waals surface area contributed by atoms with E-state index in [4.69, 9.17) is 5.11 Å². The Labute approximate surface area is 117 Å². The van der Waals surface area contributed by atoms with Gasteiger partial charge in [0.25, 0.3) is 0 Å². The molecule has 0 radical (unpaired) electrons. The average Bonchev–Trinajstić information content (AvgIpc) is 2.46. The van der Waals surface area contributed by atoms with Crippen molar-refractivity contribution in [2.75, 3.05) is 11.9 Å². The van der Waals surface area contributed by atoms with E-state index in [-0.39, 0.29) is 17.4 Å². The van der Waals surface area contributed by atoms with Crippen LogP contribution in [0.2, 0.25) is 0 Å².